The van der Waals surface area contributed by atoms with E-state index in [0.29, 0.717) is 23.4 Å². The number of amides is 1. The molecule has 4 nitrogen and oxygen atoms in total. The van der Waals surface area contributed by atoms with Crippen LogP contribution in [0.2, 0.25) is 0 Å². The highest BCUT2D eigenvalue weighted by Crippen LogP contribution is 2.08. The fourth-order valence-electron chi connectivity index (χ4n) is 1.27. The second-order valence-electron chi connectivity index (χ2n) is 3.42. The van der Waals surface area contributed by atoms with E-state index in [1.807, 2.05) is 0 Å². The quantitative estimate of drug-likeness (QED) is 0.614. The Bertz CT molecular complexity index is 358. The second-order valence-corrected chi connectivity index (χ2v) is 4.23. The van der Waals surface area contributed by atoms with Gasteiger partial charge in [0.2, 0.25) is 0 Å². The average molecular weight is 287 g/mol. The van der Waals surface area contributed by atoms with E-state index in [1.165, 1.54) is 0 Å². The van der Waals surface area contributed by atoms with Crippen LogP contribution < -0.4 is 0 Å². The van der Waals surface area contributed by atoms with Crippen LogP contribution in [-0.4, -0.2) is 43.1 Å². The topological polar surface area (TPSA) is 42.4 Å². The van der Waals surface area contributed by atoms with E-state index in [0.717, 1.165) is 6.42 Å². The Hall–Kier alpha value is -0.940. The molecular formula is C11H15BrN2O2. The smallest absolute Gasteiger partial charge is 0.272 e. The Morgan fingerprint density at radius 2 is 2.31 bits per heavy atom. The third-order valence-corrected chi connectivity index (χ3v) is 2.56. The van der Waals surface area contributed by atoms with Gasteiger partial charge in [-0.15, -0.1) is 0 Å². The molecule has 0 radical (unpaired) electrons. The molecule has 0 atom stereocenters. The van der Waals surface area contributed by atoms with Crippen LogP contribution >= 0.6 is 15.9 Å². The van der Waals surface area contributed by atoms with Crippen molar-refractivity contribution >= 4 is 21.8 Å². The molecule has 16 heavy (non-hydrogen) atoms. The minimum atomic E-state index is -0.0718. The molecule has 1 amide bonds. The van der Waals surface area contributed by atoms with Gasteiger partial charge in [-0.3, -0.25) is 4.79 Å². The van der Waals surface area contributed by atoms with Crippen LogP contribution in [-0.2, 0) is 4.74 Å². The summed E-state index contributed by atoms with van der Waals surface area (Å²) in [6.45, 7) is 1.32. The van der Waals surface area contributed by atoms with Crippen molar-refractivity contribution < 1.29 is 9.53 Å². The van der Waals surface area contributed by atoms with E-state index in [1.54, 1.807) is 37.3 Å². The summed E-state index contributed by atoms with van der Waals surface area (Å²) in [7, 11) is 3.41. The van der Waals surface area contributed by atoms with E-state index >= 15 is 0 Å². The Kier molecular flexibility index (Phi) is 5.42. The van der Waals surface area contributed by atoms with Crippen LogP contribution in [0.4, 0.5) is 0 Å². The van der Waals surface area contributed by atoms with Crippen LogP contribution in [0.3, 0.4) is 0 Å². The molecule has 0 saturated carbocycles. The van der Waals surface area contributed by atoms with Crippen molar-refractivity contribution in [3.8, 4) is 0 Å². The van der Waals surface area contributed by atoms with Gasteiger partial charge < -0.3 is 9.64 Å². The SMILES string of the molecule is COCCCN(C)C(=O)c1cccc(Br)n1. The van der Waals surface area contributed by atoms with Crippen molar-refractivity contribution in [1.29, 1.82) is 0 Å². The molecule has 1 rings (SSSR count). The van der Waals surface area contributed by atoms with Crippen LogP contribution in [0.1, 0.15) is 16.9 Å². The molecule has 0 aliphatic heterocycles. The van der Waals surface area contributed by atoms with Gasteiger partial charge in [0.15, 0.2) is 0 Å². The molecule has 0 bridgehead atoms. The van der Waals surface area contributed by atoms with Crippen LogP contribution in [0.5, 0.6) is 0 Å². The molecular weight excluding hydrogens is 272 g/mol. The van der Waals surface area contributed by atoms with Crippen molar-refractivity contribution in [3.63, 3.8) is 0 Å². The summed E-state index contributed by atoms with van der Waals surface area (Å²) < 4.78 is 5.61. The van der Waals surface area contributed by atoms with E-state index < -0.39 is 0 Å². The predicted octanol–water partition coefficient (Wildman–Crippen LogP) is 1.95. The number of carbonyl (C=O) groups excluding carboxylic acids is 1. The number of methoxy groups -OCH3 is 1. The van der Waals surface area contributed by atoms with Gasteiger partial charge in [-0.05, 0) is 34.5 Å². The largest absolute Gasteiger partial charge is 0.385 e. The highest BCUT2D eigenvalue weighted by Gasteiger charge is 2.12. The zero-order valence-electron chi connectivity index (χ0n) is 9.44. The standard InChI is InChI=1S/C11H15BrN2O2/c1-14(7-4-8-16-2)11(15)9-5-3-6-10(12)13-9/h3,5-6H,4,7-8H2,1-2H3. The van der Waals surface area contributed by atoms with Gasteiger partial charge in [0.25, 0.3) is 5.91 Å². The summed E-state index contributed by atoms with van der Waals surface area (Å²) in [4.78, 5) is 17.7. The number of pyridine rings is 1. The summed E-state index contributed by atoms with van der Waals surface area (Å²) in [5.41, 5.74) is 0.453. The maximum atomic E-state index is 11.9. The Balaban J connectivity index is 2.56. The summed E-state index contributed by atoms with van der Waals surface area (Å²) in [6.07, 6.45) is 0.826. The molecule has 5 heteroatoms. The van der Waals surface area contributed by atoms with Gasteiger partial charge in [-0.2, -0.15) is 0 Å². The number of halogens is 1. The fraction of sp³-hybridized carbons (Fsp3) is 0.455. The van der Waals surface area contributed by atoms with Crippen molar-refractivity contribution in [2.45, 2.75) is 6.42 Å². The van der Waals surface area contributed by atoms with Crippen molar-refractivity contribution in [1.82, 2.24) is 9.88 Å². The normalized spacial score (nSPS) is 10.2. The predicted molar refractivity (Wildman–Crippen MR) is 65.4 cm³/mol. The van der Waals surface area contributed by atoms with Gasteiger partial charge in [-0.1, -0.05) is 6.07 Å². The van der Waals surface area contributed by atoms with Crippen molar-refractivity contribution in [2.75, 3.05) is 27.3 Å². The Morgan fingerprint density at radius 3 is 2.94 bits per heavy atom. The number of rotatable bonds is 5. The summed E-state index contributed by atoms with van der Waals surface area (Å²) >= 11 is 3.24. The average Bonchev–Trinajstić information content (AvgIpc) is 2.28. The summed E-state index contributed by atoms with van der Waals surface area (Å²) in [5, 5.41) is 0. The van der Waals surface area contributed by atoms with E-state index in [4.69, 9.17) is 4.74 Å². The van der Waals surface area contributed by atoms with Crippen LogP contribution in [0, 0.1) is 0 Å². The Labute approximate surface area is 104 Å². The van der Waals surface area contributed by atoms with Crippen molar-refractivity contribution in [2.24, 2.45) is 0 Å². The lowest BCUT2D eigenvalue weighted by Gasteiger charge is -2.16. The lowest BCUT2D eigenvalue weighted by Crippen LogP contribution is -2.29. The third kappa shape index (κ3) is 3.90. The fourth-order valence-corrected chi connectivity index (χ4v) is 1.61. The lowest BCUT2D eigenvalue weighted by atomic mass is 10.3. The summed E-state index contributed by atoms with van der Waals surface area (Å²) in [5.74, 6) is -0.0718. The molecule has 88 valence electrons. The first-order valence-corrected chi connectivity index (χ1v) is 5.81. The number of hydrogen-bond donors (Lipinski definition) is 0. The maximum Gasteiger partial charge on any atom is 0.272 e. The van der Waals surface area contributed by atoms with Gasteiger partial charge in [0.1, 0.15) is 10.3 Å². The summed E-state index contributed by atoms with van der Waals surface area (Å²) in [6, 6.07) is 5.30. The molecule has 1 aromatic heterocycles. The molecule has 0 aromatic carbocycles. The van der Waals surface area contributed by atoms with E-state index in [2.05, 4.69) is 20.9 Å². The van der Waals surface area contributed by atoms with Gasteiger partial charge in [0.05, 0.1) is 0 Å². The minimum absolute atomic E-state index is 0.0718. The number of hydrogen-bond acceptors (Lipinski definition) is 3. The molecule has 1 aromatic rings. The monoisotopic (exact) mass is 286 g/mol. The number of aromatic nitrogens is 1. The van der Waals surface area contributed by atoms with Gasteiger partial charge in [-0.25, -0.2) is 4.98 Å². The molecule has 0 saturated heterocycles. The first-order chi connectivity index (χ1) is 7.65. The highest BCUT2D eigenvalue weighted by atomic mass is 79.9. The van der Waals surface area contributed by atoms with E-state index in [9.17, 15) is 4.79 Å². The van der Waals surface area contributed by atoms with E-state index in [-0.39, 0.29) is 5.91 Å². The number of ether oxygens (including phenoxy) is 1. The molecule has 0 spiro atoms. The second kappa shape index (κ2) is 6.60. The van der Waals surface area contributed by atoms with Crippen molar-refractivity contribution in [3.05, 3.63) is 28.5 Å². The first-order valence-electron chi connectivity index (χ1n) is 5.02. The zero-order chi connectivity index (χ0) is 12.0. The van der Waals surface area contributed by atoms with Crippen LogP contribution in [0.25, 0.3) is 0 Å². The third-order valence-electron chi connectivity index (χ3n) is 2.12. The van der Waals surface area contributed by atoms with Crippen LogP contribution in [0.15, 0.2) is 22.8 Å². The molecule has 0 fully saturated rings. The number of nitrogens with zero attached hydrogens (tertiary/aromatic N) is 2. The molecule has 0 unspecified atom stereocenters. The number of carbonyl (C=O) groups is 1. The molecule has 0 aliphatic rings. The zero-order valence-corrected chi connectivity index (χ0v) is 11.0. The minimum Gasteiger partial charge on any atom is -0.385 e. The molecule has 1 heterocycles. The lowest BCUT2D eigenvalue weighted by molar-refractivity contribution is 0.0773. The van der Waals surface area contributed by atoms with Gasteiger partial charge in [0, 0.05) is 27.3 Å². The maximum absolute atomic E-state index is 11.9. The Morgan fingerprint density at radius 1 is 1.56 bits per heavy atom. The molecule has 0 N–H and O–H groups in total. The van der Waals surface area contributed by atoms with Gasteiger partial charge >= 0.3 is 0 Å². The first kappa shape index (κ1) is 13.1. The highest BCUT2D eigenvalue weighted by molar-refractivity contribution is 9.10. The molecule has 0 aliphatic carbocycles.